The zero-order valence-electron chi connectivity index (χ0n) is 10.3. The summed E-state index contributed by atoms with van der Waals surface area (Å²) in [4.78, 5) is 11.6. The number of carbonyl (C=O) groups excluding carboxylic acids is 1. The molecule has 19 heavy (non-hydrogen) atoms. The molecule has 2 aromatic carbocycles. The Hall–Kier alpha value is -1.80. The molecule has 3 rings (SSSR count). The third kappa shape index (κ3) is 2.49. The molecule has 0 radical (unpaired) electrons. The standard InChI is InChI=1S/C16H13ClO2/c17-13-8-6-12(7-9-13)16-14(10-15(18)19-16)11-4-2-1-3-5-11/h1-9,14,16H,10H2/t14-,16-/m1/s1. The second-order valence-corrected chi connectivity index (χ2v) is 5.12. The Labute approximate surface area is 117 Å². The van der Waals surface area contributed by atoms with Crippen LogP contribution in [-0.2, 0) is 9.53 Å². The lowest BCUT2D eigenvalue weighted by molar-refractivity contribution is -0.141. The van der Waals surface area contributed by atoms with Crippen molar-refractivity contribution in [3.8, 4) is 0 Å². The first kappa shape index (κ1) is 12.2. The van der Waals surface area contributed by atoms with Gasteiger partial charge in [0, 0.05) is 10.9 Å². The van der Waals surface area contributed by atoms with E-state index < -0.39 is 0 Å². The molecule has 2 aromatic rings. The summed E-state index contributed by atoms with van der Waals surface area (Å²) in [5.74, 6) is -0.0660. The smallest absolute Gasteiger partial charge is 0.307 e. The Morgan fingerprint density at radius 2 is 1.63 bits per heavy atom. The van der Waals surface area contributed by atoms with Gasteiger partial charge in [0.2, 0.25) is 0 Å². The minimum absolute atomic E-state index is 0.0786. The third-order valence-corrected chi connectivity index (χ3v) is 3.69. The van der Waals surface area contributed by atoms with Gasteiger partial charge in [0.25, 0.3) is 0 Å². The van der Waals surface area contributed by atoms with Crippen molar-refractivity contribution in [3.63, 3.8) is 0 Å². The van der Waals surface area contributed by atoms with Gasteiger partial charge in [-0.25, -0.2) is 0 Å². The van der Waals surface area contributed by atoms with Crippen LogP contribution in [0, 0.1) is 0 Å². The molecule has 2 nitrogen and oxygen atoms in total. The van der Waals surface area contributed by atoms with Gasteiger partial charge in [-0.05, 0) is 23.3 Å². The maximum absolute atomic E-state index is 11.6. The average molecular weight is 273 g/mol. The predicted molar refractivity (Wildman–Crippen MR) is 74.1 cm³/mol. The fourth-order valence-corrected chi connectivity index (χ4v) is 2.63. The van der Waals surface area contributed by atoms with E-state index in [0.717, 1.165) is 11.1 Å². The second kappa shape index (κ2) is 5.06. The molecule has 1 fully saturated rings. The molecule has 0 aliphatic carbocycles. The molecule has 1 heterocycles. The van der Waals surface area contributed by atoms with Crippen molar-refractivity contribution in [3.05, 3.63) is 70.7 Å². The molecule has 1 saturated heterocycles. The van der Waals surface area contributed by atoms with E-state index >= 15 is 0 Å². The Bertz CT molecular complexity index is 577. The van der Waals surface area contributed by atoms with Crippen LogP contribution in [0.2, 0.25) is 5.02 Å². The fraction of sp³-hybridized carbons (Fsp3) is 0.188. The van der Waals surface area contributed by atoms with Crippen molar-refractivity contribution in [2.24, 2.45) is 0 Å². The number of benzene rings is 2. The Morgan fingerprint density at radius 3 is 2.32 bits per heavy atom. The number of hydrogen-bond acceptors (Lipinski definition) is 2. The molecular formula is C16H13ClO2. The zero-order valence-corrected chi connectivity index (χ0v) is 11.0. The Balaban J connectivity index is 1.95. The summed E-state index contributed by atoms with van der Waals surface area (Å²) < 4.78 is 5.47. The highest BCUT2D eigenvalue weighted by molar-refractivity contribution is 6.30. The Kier molecular flexibility index (Phi) is 3.26. The van der Waals surface area contributed by atoms with Gasteiger partial charge in [0.1, 0.15) is 6.10 Å². The van der Waals surface area contributed by atoms with Crippen LogP contribution in [-0.4, -0.2) is 5.97 Å². The first-order chi connectivity index (χ1) is 9.24. The normalized spacial score (nSPS) is 22.3. The minimum atomic E-state index is -0.216. The summed E-state index contributed by atoms with van der Waals surface area (Å²) in [5, 5.41) is 0.685. The van der Waals surface area contributed by atoms with Crippen LogP contribution < -0.4 is 0 Å². The Morgan fingerprint density at radius 1 is 0.947 bits per heavy atom. The van der Waals surface area contributed by atoms with Crippen LogP contribution >= 0.6 is 11.6 Å². The predicted octanol–water partition coefficient (Wildman–Crippen LogP) is 4.11. The number of cyclic esters (lactones) is 1. The van der Waals surface area contributed by atoms with E-state index in [2.05, 4.69) is 0 Å². The molecule has 2 atom stereocenters. The molecular weight excluding hydrogens is 260 g/mol. The zero-order chi connectivity index (χ0) is 13.2. The van der Waals surface area contributed by atoms with E-state index in [-0.39, 0.29) is 18.0 Å². The van der Waals surface area contributed by atoms with E-state index in [4.69, 9.17) is 16.3 Å². The summed E-state index contributed by atoms with van der Waals surface area (Å²) in [7, 11) is 0. The van der Waals surface area contributed by atoms with Gasteiger partial charge in [0.05, 0.1) is 6.42 Å². The minimum Gasteiger partial charge on any atom is -0.457 e. The van der Waals surface area contributed by atoms with E-state index in [1.54, 1.807) is 0 Å². The SMILES string of the molecule is O=C1C[C@H](c2ccccc2)[C@@H](c2ccc(Cl)cc2)O1. The molecule has 1 aliphatic rings. The molecule has 0 saturated carbocycles. The van der Waals surface area contributed by atoms with Crippen molar-refractivity contribution in [1.29, 1.82) is 0 Å². The molecule has 0 spiro atoms. The van der Waals surface area contributed by atoms with E-state index in [9.17, 15) is 4.79 Å². The first-order valence-corrected chi connectivity index (χ1v) is 6.62. The quantitative estimate of drug-likeness (QED) is 0.769. The molecule has 0 bridgehead atoms. The van der Waals surface area contributed by atoms with Gasteiger partial charge in [-0.3, -0.25) is 4.79 Å². The largest absolute Gasteiger partial charge is 0.457 e. The lowest BCUT2D eigenvalue weighted by Gasteiger charge is -2.18. The molecule has 96 valence electrons. The molecule has 0 amide bonds. The summed E-state index contributed by atoms with van der Waals surface area (Å²) in [5.41, 5.74) is 2.12. The lowest BCUT2D eigenvalue weighted by atomic mass is 9.89. The van der Waals surface area contributed by atoms with E-state index in [1.165, 1.54) is 0 Å². The van der Waals surface area contributed by atoms with Gasteiger partial charge >= 0.3 is 5.97 Å². The summed E-state index contributed by atoms with van der Waals surface area (Å²) in [6.45, 7) is 0. The maximum atomic E-state index is 11.6. The van der Waals surface area contributed by atoms with Crippen LogP contribution in [0.4, 0.5) is 0 Å². The van der Waals surface area contributed by atoms with E-state index in [1.807, 2.05) is 54.6 Å². The highest BCUT2D eigenvalue weighted by atomic mass is 35.5. The molecule has 0 unspecified atom stereocenters. The number of rotatable bonds is 2. The third-order valence-electron chi connectivity index (χ3n) is 3.44. The molecule has 0 N–H and O–H groups in total. The van der Waals surface area contributed by atoms with Crippen molar-refractivity contribution < 1.29 is 9.53 Å². The van der Waals surface area contributed by atoms with Crippen LogP contribution in [0.5, 0.6) is 0 Å². The monoisotopic (exact) mass is 272 g/mol. The summed E-state index contributed by atoms with van der Waals surface area (Å²) >= 11 is 5.89. The topological polar surface area (TPSA) is 26.3 Å². The molecule has 0 aromatic heterocycles. The second-order valence-electron chi connectivity index (χ2n) is 4.68. The number of hydrogen-bond donors (Lipinski definition) is 0. The van der Waals surface area contributed by atoms with E-state index in [0.29, 0.717) is 11.4 Å². The first-order valence-electron chi connectivity index (χ1n) is 6.24. The van der Waals surface area contributed by atoms with Crippen molar-refractivity contribution in [1.82, 2.24) is 0 Å². The van der Waals surface area contributed by atoms with Gasteiger partial charge in [-0.2, -0.15) is 0 Å². The highest BCUT2D eigenvalue weighted by Gasteiger charge is 2.36. The van der Waals surface area contributed by atoms with Crippen LogP contribution in [0.1, 0.15) is 29.6 Å². The van der Waals surface area contributed by atoms with Crippen molar-refractivity contribution >= 4 is 17.6 Å². The number of ether oxygens (including phenoxy) is 1. The summed E-state index contributed by atoms with van der Waals surface area (Å²) in [6, 6.07) is 17.5. The summed E-state index contributed by atoms with van der Waals surface area (Å²) in [6.07, 6.45) is 0.212. The highest BCUT2D eigenvalue weighted by Crippen LogP contribution is 2.42. The average Bonchev–Trinajstić information content (AvgIpc) is 2.83. The van der Waals surface area contributed by atoms with Crippen LogP contribution in [0.15, 0.2) is 54.6 Å². The van der Waals surface area contributed by atoms with Gasteiger partial charge in [0.15, 0.2) is 0 Å². The number of esters is 1. The number of halogens is 1. The fourth-order valence-electron chi connectivity index (χ4n) is 2.50. The van der Waals surface area contributed by atoms with Crippen LogP contribution in [0.25, 0.3) is 0 Å². The van der Waals surface area contributed by atoms with Crippen molar-refractivity contribution in [2.75, 3.05) is 0 Å². The number of carbonyl (C=O) groups is 1. The van der Waals surface area contributed by atoms with Crippen molar-refractivity contribution in [2.45, 2.75) is 18.4 Å². The van der Waals surface area contributed by atoms with Gasteiger partial charge < -0.3 is 4.74 Å². The van der Waals surface area contributed by atoms with Gasteiger partial charge in [-0.15, -0.1) is 0 Å². The van der Waals surface area contributed by atoms with Gasteiger partial charge in [-0.1, -0.05) is 54.1 Å². The van der Waals surface area contributed by atoms with Crippen LogP contribution in [0.3, 0.4) is 0 Å². The maximum Gasteiger partial charge on any atom is 0.307 e. The lowest BCUT2D eigenvalue weighted by Crippen LogP contribution is -2.06. The molecule has 1 aliphatic heterocycles. The molecule has 3 heteroatoms.